The summed E-state index contributed by atoms with van der Waals surface area (Å²) in [4.78, 5) is 11.9. The highest BCUT2D eigenvalue weighted by Gasteiger charge is 2.20. The molecule has 0 saturated heterocycles. The van der Waals surface area contributed by atoms with Crippen LogP contribution in [0, 0.1) is 6.92 Å². The molecule has 1 saturated carbocycles. The number of anilines is 1. The van der Waals surface area contributed by atoms with Crippen LogP contribution < -0.4 is 10.6 Å². The molecule has 3 N–H and O–H groups in total. The maximum absolute atomic E-state index is 11.9. The van der Waals surface area contributed by atoms with E-state index in [-0.39, 0.29) is 18.2 Å². The number of hydrogen-bond donors (Lipinski definition) is 3. The molecule has 4 nitrogen and oxygen atoms in total. The minimum absolute atomic E-state index is 0.163. The van der Waals surface area contributed by atoms with Crippen molar-refractivity contribution < 1.29 is 9.90 Å². The number of halogens is 1. The summed E-state index contributed by atoms with van der Waals surface area (Å²) in [5.74, 6) is 0. The number of urea groups is 1. The van der Waals surface area contributed by atoms with Crippen molar-refractivity contribution in [3.05, 3.63) is 28.2 Å². The van der Waals surface area contributed by atoms with E-state index in [1.165, 1.54) is 0 Å². The van der Waals surface area contributed by atoms with Crippen LogP contribution in [0.15, 0.2) is 22.7 Å². The summed E-state index contributed by atoms with van der Waals surface area (Å²) in [6.45, 7) is 1.96. The van der Waals surface area contributed by atoms with E-state index in [0.29, 0.717) is 0 Å². The lowest BCUT2D eigenvalue weighted by atomic mass is 9.93. The van der Waals surface area contributed by atoms with Gasteiger partial charge in [0, 0.05) is 16.2 Å². The Kier molecular flexibility index (Phi) is 4.82. The number of aliphatic hydroxyl groups excluding tert-OH is 1. The average Bonchev–Trinajstić information content (AvgIpc) is 2.37. The number of aryl methyl sites for hydroxylation is 1. The first-order chi connectivity index (χ1) is 9.04. The van der Waals surface area contributed by atoms with Crippen molar-refractivity contribution in [3.63, 3.8) is 0 Å². The highest BCUT2D eigenvalue weighted by Crippen LogP contribution is 2.21. The summed E-state index contributed by atoms with van der Waals surface area (Å²) < 4.78 is 0.939. The lowest BCUT2D eigenvalue weighted by Crippen LogP contribution is -2.41. The van der Waals surface area contributed by atoms with Crippen LogP contribution in [0.5, 0.6) is 0 Å². The molecule has 0 aromatic heterocycles. The molecule has 0 bridgehead atoms. The normalized spacial score (nSPS) is 22.9. The fraction of sp³-hybridized carbons (Fsp3) is 0.500. The largest absolute Gasteiger partial charge is 0.393 e. The zero-order valence-corrected chi connectivity index (χ0v) is 12.5. The van der Waals surface area contributed by atoms with Gasteiger partial charge in [0.1, 0.15) is 0 Å². The van der Waals surface area contributed by atoms with Crippen LogP contribution in [-0.2, 0) is 0 Å². The summed E-state index contributed by atoms with van der Waals surface area (Å²) >= 11 is 3.39. The Bertz CT molecular complexity index is 457. The van der Waals surface area contributed by atoms with Gasteiger partial charge in [0.05, 0.1) is 6.10 Å². The fourth-order valence-electron chi connectivity index (χ4n) is 2.29. The van der Waals surface area contributed by atoms with Crippen LogP contribution in [0.4, 0.5) is 10.5 Å². The van der Waals surface area contributed by atoms with Gasteiger partial charge in [-0.05, 0) is 50.3 Å². The maximum atomic E-state index is 11.9. The van der Waals surface area contributed by atoms with Gasteiger partial charge in [-0.25, -0.2) is 4.79 Å². The molecule has 1 fully saturated rings. The molecular weight excluding hydrogens is 308 g/mol. The van der Waals surface area contributed by atoms with Crippen molar-refractivity contribution in [2.75, 3.05) is 5.32 Å². The number of benzene rings is 1. The molecule has 2 amide bonds. The lowest BCUT2D eigenvalue weighted by molar-refractivity contribution is 0.118. The zero-order chi connectivity index (χ0) is 13.8. The minimum Gasteiger partial charge on any atom is -0.393 e. The Morgan fingerprint density at radius 2 is 2.00 bits per heavy atom. The number of aliphatic hydroxyl groups is 1. The van der Waals surface area contributed by atoms with Crippen LogP contribution in [0.25, 0.3) is 0 Å². The Labute approximate surface area is 121 Å². The predicted octanol–water partition coefficient (Wildman–Crippen LogP) is 3.18. The molecule has 5 heteroatoms. The molecule has 0 heterocycles. The van der Waals surface area contributed by atoms with Crippen molar-refractivity contribution >= 4 is 27.6 Å². The third kappa shape index (κ3) is 4.21. The summed E-state index contributed by atoms with van der Waals surface area (Å²) in [6.07, 6.45) is 3.01. The molecule has 19 heavy (non-hydrogen) atoms. The van der Waals surface area contributed by atoms with Crippen LogP contribution in [0.2, 0.25) is 0 Å². The standard InChI is InChI=1S/C14H19BrN2O2/c1-9-2-3-10(15)8-13(9)17-14(19)16-11-4-6-12(18)7-5-11/h2-3,8,11-12,18H,4-7H2,1H3,(H2,16,17,19). The molecule has 1 aliphatic rings. The van der Waals surface area contributed by atoms with Gasteiger partial charge in [0.25, 0.3) is 0 Å². The molecule has 0 aliphatic heterocycles. The molecule has 1 aliphatic carbocycles. The lowest BCUT2D eigenvalue weighted by Gasteiger charge is -2.26. The van der Waals surface area contributed by atoms with Crippen molar-refractivity contribution in [2.24, 2.45) is 0 Å². The highest BCUT2D eigenvalue weighted by atomic mass is 79.9. The molecule has 0 atom stereocenters. The van der Waals surface area contributed by atoms with Gasteiger partial charge in [-0.2, -0.15) is 0 Å². The maximum Gasteiger partial charge on any atom is 0.319 e. The van der Waals surface area contributed by atoms with E-state index >= 15 is 0 Å². The summed E-state index contributed by atoms with van der Waals surface area (Å²) in [6, 6.07) is 5.77. The summed E-state index contributed by atoms with van der Waals surface area (Å²) in [5.41, 5.74) is 1.83. The SMILES string of the molecule is Cc1ccc(Br)cc1NC(=O)NC1CCC(O)CC1. The predicted molar refractivity (Wildman–Crippen MR) is 79.3 cm³/mol. The minimum atomic E-state index is -0.201. The summed E-state index contributed by atoms with van der Waals surface area (Å²) in [5, 5.41) is 15.3. The van der Waals surface area contributed by atoms with E-state index in [1.807, 2.05) is 25.1 Å². The van der Waals surface area contributed by atoms with E-state index in [4.69, 9.17) is 0 Å². The van der Waals surface area contributed by atoms with Gasteiger partial charge in [-0.15, -0.1) is 0 Å². The number of rotatable bonds is 2. The number of carbonyl (C=O) groups excluding carboxylic acids is 1. The Balaban J connectivity index is 1.89. The number of nitrogens with one attached hydrogen (secondary N) is 2. The number of hydrogen-bond acceptors (Lipinski definition) is 2. The van der Waals surface area contributed by atoms with Gasteiger partial charge in [0.15, 0.2) is 0 Å². The Morgan fingerprint density at radius 3 is 2.68 bits per heavy atom. The van der Waals surface area contributed by atoms with E-state index in [1.54, 1.807) is 0 Å². The first-order valence-corrected chi connectivity index (χ1v) is 7.35. The second-order valence-electron chi connectivity index (χ2n) is 5.06. The monoisotopic (exact) mass is 326 g/mol. The molecule has 2 rings (SSSR count). The van der Waals surface area contributed by atoms with E-state index in [9.17, 15) is 9.90 Å². The Morgan fingerprint density at radius 1 is 1.32 bits per heavy atom. The third-order valence-electron chi connectivity index (χ3n) is 3.48. The molecule has 1 aromatic carbocycles. The van der Waals surface area contributed by atoms with E-state index < -0.39 is 0 Å². The van der Waals surface area contributed by atoms with Crippen molar-refractivity contribution in [3.8, 4) is 0 Å². The number of carbonyl (C=O) groups is 1. The second-order valence-corrected chi connectivity index (χ2v) is 5.98. The molecule has 0 radical (unpaired) electrons. The zero-order valence-electron chi connectivity index (χ0n) is 10.9. The molecule has 1 aromatic rings. The topological polar surface area (TPSA) is 61.4 Å². The molecule has 0 unspecified atom stereocenters. The van der Waals surface area contributed by atoms with E-state index in [0.717, 1.165) is 41.4 Å². The van der Waals surface area contributed by atoms with Crippen molar-refractivity contribution in [2.45, 2.75) is 44.8 Å². The summed E-state index contributed by atoms with van der Waals surface area (Å²) in [7, 11) is 0. The van der Waals surface area contributed by atoms with Crippen LogP contribution in [-0.4, -0.2) is 23.3 Å². The van der Waals surface area contributed by atoms with Crippen LogP contribution in [0.3, 0.4) is 0 Å². The van der Waals surface area contributed by atoms with Gasteiger partial charge in [0.2, 0.25) is 0 Å². The Hall–Kier alpha value is -1.07. The van der Waals surface area contributed by atoms with Gasteiger partial charge < -0.3 is 15.7 Å². The van der Waals surface area contributed by atoms with Crippen molar-refractivity contribution in [1.29, 1.82) is 0 Å². The number of amides is 2. The highest BCUT2D eigenvalue weighted by molar-refractivity contribution is 9.10. The van der Waals surface area contributed by atoms with Crippen molar-refractivity contribution in [1.82, 2.24) is 5.32 Å². The van der Waals surface area contributed by atoms with Crippen LogP contribution in [0.1, 0.15) is 31.2 Å². The van der Waals surface area contributed by atoms with Gasteiger partial charge >= 0.3 is 6.03 Å². The van der Waals surface area contributed by atoms with E-state index in [2.05, 4.69) is 26.6 Å². The average molecular weight is 327 g/mol. The second kappa shape index (κ2) is 6.39. The molecule has 0 spiro atoms. The first kappa shape index (κ1) is 14.3. The molecule has 104 valence electrons. The third-order valence-corrected chi connectivity index (χ3v) is 3.97. The van der Waals surface area contributed by atoms with Crippen LogP contribution >= 0.6 is 15.9 Å². The van der Waals surface area contributed by atoms with Gasteiger partial charge in [-0.1, -0.05) is 22.0 Å². The molecular formula is C14H19BrN2O2. The smallest absolute Gasteiger partial charge is 0.319 e. The quantitative estimate of drug-likeness (QED) is 0.781. The fourth-order valence-corrected chi connectivity index (χ4v) is 2.65. The first-order valence-electron chi connectivity index (χ1n) is 6.56. The van der Waals surface area contributed by atoms with Gasteiger partial charge in [-0.3, -0.25) is 0 Å².